The molecule has 0 amide bonds. The third-order valence-corrected chi connectivity index (χ3v) is 1.52. The van der Waals surface area contributed by atoms with Gasteiger partial charge in [0.05, 0.1) is 0 Å². The lowest BCUT2D eigenvalue weighted by Crippen LogP contribution is -1.91. The van der Waals surface area contributed by atoms with E-state index in [2.05, 4.69) is 26.2 Å². The van der Waals surface area contributed by atoms with Crippen molar-refractivity contribution in [3.05, 3.63) is 31.1 Å². The van der Waals surface area contributed by atoms with Crippen LogP contribution in [0.4, 0.5) is 0 Å². The molecular weight excluding hydrogens is 120 g/mol. The maximum Gasteiger partial charge on any atom is -0.000702 e. The van der Waals surface area contributed by atoms with Crippen LogP contribution < -0.4 is 0 Å². The molecule has 0 spiro atoms. The molecule has 10 heavy (non-hydrogen) atoms. The Balaban J connectivity index is 2.06. The van der Waals surface area contributed by atoms with E-state index in [1.54, 1.807) is 0 Å². The van der Waals surface area contributed by atoms with E-state index in [0.29, 0.717) is 0 Å². The van der Waals surface area contributed by atoms with Gasteiger partial charge in [0.1, 0.15) is 0 Å². The van der Waals surface area contributed by atoms with Crippen molar-refractivity contribution in [2.45, 2.75) is 33.1 Å². The second kappa shape index (κ2) is 4.00. The Labute approximate surface area is 65.0 Å². The second-order valence-electron chi connectivity index (χ2n) is 2.58. The summed E-state index contributed by atoms with van der Waals surface area (Å²) in [5, 5.41) is 0. The van der Waals surface area contributed by atoms with Gasteiger partial charge in [-0.2, -0.15) is 0 Å². The van der Waals surface area contributed by atoms with Crippen molar-refractivity contribution in [3.63, 3.8) is 0 Å². The minimum absolute atomic E-state index is 1.09. The summed E-state index contributed by atoms with van der Waals surface area (Å²) in [4.78, 5) is 0. The van der Waals surface area contributed by atoms with Crippen LogP contribution in [0.15, 0.2) is 0 Å². The first-order valence-electron chi connectivity index (χ1n) is 3.81. The van der Waals surface area contributed by atoms with Gasteiger partial charge in [0.15, 0.2) is 0 Å². The Morgan fingerprint density at radius 3 is 2.60 bits per heavy atom. The zero-order valence-corrected chi connectivity index (χ0v) is 6.62. The van der Waals surface area contributed by atoms with Crippen molar-refractivity contribution in [2.24, 2.45) is 0 Å². The summed E-state index contributed by atoms with van der Waals surface area (Å²) in [7, 11) is 0. The highest BCUT2D eigenvalue weighted by Gasteiger charge is 2.23. The van der Waals surface area contributed by atoms with Crippen LogP contribution in [0, 0.1) is 31.1 Å². The van der Waals surface area contributed by atoms with Gasteiger partial charge in [0, 0.05) is 0 Å². The van der Waals surface area contributed by atoms with Crippen molar-refractivity contribution < 1.29 is 0 Å². The lowest BCUT2D eigenvalue weighted by Gasteiger charge is -2.04. The van der Waals surface area contributed by atoms with Crippen molar-refractivity contribution in [1.82, 2.24) is 0 Å². The first-order chi connectivity index (χ1) is 4.83. The molecule has 1 rings (SSSR count). The Hall–Kier alpha value is 0. The summed E-state index contributed by atoms with van der Waals surface area (Å²) in [5.41, 5.74) is 0. The lowest BCUT2D eigenvalue weighted by atomic mass is 10.00. The summed E-state index contributed by atoms with van der Waals surface area (Å²) >= 11 is 0. The molecule has 1 aliphatic rings. The monoisotopic (exact) mass is 132 g/mol. The van der Waals surface area contributed by atoms with Crippen LogP contribution in [0.25, 0.3) is 0 Å². The molecule has 8 radical (unpaired) electrons. The Morgan fingerprint density at radius 2 is 2.10 bits per heavy atom. The van der Waals surface area contributed by atoms with E-state index in [-0.39, 0.29) is 0 Å². The molecule has 1 aliphatic carbocycles. The van der Waals surface area contributed by atoms with E-state index in [4.69, 9.17) is 0 Å². The highest BCUT2D eigenvalue weighted by molar-refractivity contribution is 5.41. The summed E-state index contributed by atoms with van der Waals surface area (Å²) < 4.78 is 0. The van der Waals surface area contributed by atoms with Crippen molar-refractivity contribution in [2.75, 3.05) is 0 Å². The number of rotatable bonds is 3. The molecule has 52 valence electrons. The number of hydrogen-bond acceptors (Lipinski definition) is 0. The highest BCUT2D eigenvalue weighted by Crippen LogP contribution is 2.33. The van der Waals surface area contributed by atoms with Crippen molar-refractivity contribution in [1.29, 1.82) is 0 Å². The minimum Gasteiger partial charge on any atom is -0.0654 e. The molecule has 0 heteroatoms. The third-order valence-electron chi connectivity index (χ3n) is 1.52. The van der Waals surface area contributed by atoms with Crippen LogP contribution in [0.3, 0.4) is 0 Å². The number of hydrogen-bond donors (Lipinski definition) is 0. The fraction of sp³-hybridized carbons (Fsp3) is 0.500. The van der Waals surface area contributed by atoms with E-state index in [9.17, 15) is 0 Å². The molecule has 0 heterocycles. The Bertz CT molecular complexity index is 86.0. The normalized spacial score (nSPS) is 22.2. The van der Waals surface area contributed by atoms with Gasteiger partial charge in [0.2, 0.25) is 0 Å². The van der Waals surface area contributed by atoms with Crippen LogP contribution in [0.5, 0.6) is 0 Å². The van der Waals surface area contributed by atoms with Crippen LogP contribution in [0.2, 0.25) is 0 Å². The quantitative estimate of drug-likeness (QED) is 0.553. The fourth-order valence-corrected chi connectivity index (χ4v) is 0.937. The predicted molar refractivity (Wildman–Crippen MR) is 41.4 cm³/mol. The largest absolute Gasteiger partial charge is 0.0654 e. The molecule has 1 saturated carbocycles. The van der Waals surface area contributed by atoms with Crippen LogP contribution >= 0.6 is 0 Å². The molecule has 1 fully saturated rings. The van der Waals surface area contributed by atoms with Gasteiger partial charge in [-0.05, 0) is 37.5 Å². The molecule has 0 aliphatic heterocycles. The molecule has 0 saturated heterocycles. The molecule has 0 aromatic carbocycles. The van der Waals surface area contributed by atoms with Gasteiger partial charge in [-0.15, -0.1) is 0 Å². The third kappa shape index (κ3) is 2.32. The lowest BCUT2D eigenvalue weighted by molar-refractivity contribution is 0.755. The fourth-order valence-electron chi connectivity index (χ4n) is 0.937. The standard InChI is InChI=1S/C10H12/c1-3-4-5-10-7-6-9(2)8-10/h3-5H2,1-2H3. The molecule has 0 atom stereocenters. The molecule has 0 aromatic rings. The maximum atomic E-state index is 3.20. The highest BCUT2D eigenvalue weighted by atomic mass is 14.3. The predicted octanol–water partition coefficient (Wildman–Crippen LogP) is 2.60. The van der Waals surface area contributed by atoms with Gasteiger partial charge in [0.25, 0.3) is 0 Å². The Morgan fingerprint density at radius 1 is 1.30 bits per heavy atom. The van der Waals surface area contributed by atoms with Gasteiger partial charge in [-0.3, -0.25) is 0 Å². The van der Waals surface area contributed by atoms with E-state index < -0.39 is 0 Å². The van der Waals surface area contributed by atoms with Crippen LogP contribution in [-0.4, -0.2) is 0 Å². The van der Waals surface area contributed by atoms with E-state index in [0.717, 1.165) is 12.3 Å². The van der Waals surface area contributed by atoms with Crippen LogP contribution in [0.1, 0.15) is 33.1 Å². The van der Waals surface area contributed by atoms with E-state index in [1.807, 2.05) is 6.92 Å². The first-order valence-corrected chi connectivity index (χ1v) is 3.81. The minimum atomic E-state index is 1.09. The zero-order chi connectivity index (χ0) is 7.40. The second-order valence-corrected chi connectivity index (χ2v) is 2.58. The van der Waals surface area contributed by atoms with E-state index in [1.165, 1.54) is 18.8 Å². The van der Waals surface area contributed by atoms with Crippen LogP contribution in [-0.2, 0) is 0 Å². The topological polar surface area (TPSA) is 0 Å². The average molecular weight is 132 g/mol. The van der Waals surface area contributed by atoms with Crippen molar-refractivity contribution >= 4 is 0 Å². The summed E-state index contributed by atoms with van der Waals surface area (Å²) in [6, 6.07) is 0. The molecular formula is C10H12. The molecule has 0 nitrogen and oxygen atoms in total. The van der Waals surface area contributed by atoms with Gasteiger partial charge >= 0.3 is 0 Å². The molecule has 0 N–H and O–H groups in total. The Kier molecular flexibility index (Phi) is 3.24. The smallest absolute Gasteiger partial charge is 0.000702 e. The first kappa shape index (κ1) is 8.10. The SMILES string of the molecule is CCCC[C]1[C][C][C](C)[C]1. The molecule has 0 bridgehead atoms. The number of unbranched alkanes of at least 4 members (excludes halogenated alkanes) is 1. The van der Waals surface area contributed by atoms with Gasteiger partial charge < -0.3 is 0 Å². The molecule has 0 aromatic heterocycles. The molecule has 0 unspecified atom stereocenters. The zero-order valence-electron chi connectivity index (χ0n) is 6.62. The average Bonchev–Trinajstić information content (AvgIpc) is 2.31. The van der Waals surface area contributed by atoms with Gasteiger partial charge in [-0.1, -0.05) is 26.7 Å². The van der Waals surface area contributed by atoms with Crippen molar-refractivity contribution in [3.8, 4) is 0 Å². The summed E-state index contributed by atoms with van der Waals surface area (Å²) in [6.45, 7) is 4.20. The maximum absolute atomic E-state index is 3.20. The summed E-state index contributed by atoms with van der Waals surface area (Å²) in [5.74, 6) is 2.28. The summed E-state index contributed by atoms with van der Waals surface area (Å²) in [6.07, 6.45) is 12.9. The van der Waals surface area contributed by atoms with Gasteiger partial charge in [-0.25, -0.2) is 0 Å². The van der Waals surface area contributed by atoms with E-state index >= 15 is 0 Å².